The van der Waals surface area contributed by atoms with Gasteiger partial charge in [-0.25, -0.2) is 0 Å². The Balaban J connectivity index is 2.36. The van der Waals surface area contributed by atoms with Gasteiger partial charge in [0.15, 0.2) is 0 Å². The third kappa shape index (κ3) is 4.79. The Morgan fingerprint density at radius 1 is 1.17 bits per heavy atom. The molecule has 3 atom stereocenters. The summed E-state index contributed by atoms with van der Waals surface area (Å²) in [5.41, 5.74) is 3.65. The molecule has 0 spiro atoms. The van der Waals surface area contributed by atoms with Crippen molar-refractivity contribution in [3.63, 3.8) is 0 Å². The van der Waals surface area contributed by atoms with Crippen LogP contribution < -0.4 is 5.32 Å². The largest absolute Gasteiger partial charge is 0.390 e. The van der Waals surface area contributed by atoms with E-state index in [1.165, 1.54) is 0 Å². The lowest BCUT2D eigenvalue weighted by atomic mass is 9.96. The van der Waals surface area contributed by atoms with Gasteiger partial charge in [0.1, 0.15) is 0 Å². The van der Waals surface area contributed by atoms with Crippen molar-refractivity contribution in [1.82, 2.24) is 5.32 Å². The first-order valence-electron chi connectivity index (χ1n) is 8.50. The molecular weight excluding hydrogens is 302 g/mol. The fraction of sp³-hybridized carbons (Fsp3) is 0.450. The van der Waals surface area contributed by atoms with E-state index in [1.54, 1.807) is 6.08 Å². The molecule has 130 valence electrons. The number of allylic oxidation sites excluding steroid dienone is 1. The molecule has 0 fully saturated rings. The summed E-state index contributed by atoms with van der Waals surface area (Å²) < 4.78 is 0. The summed E-state index contributed by atoms with van der Waals surface area (Å²) in [6, 6.07) is 3.96. The number of fused-ring (bicyclic) bond motifs is 1. The average Bonchev–Trinajstić information content (AvgIpc) is 2.49. The van der Waals surface area contributed by atoms with Crippen molar-refractivity contribution < 1.29 is 15.0 Å². The molecule has 4 nitrogen and oxygen atoms in total. The van der Waals surface area contributed by atoms with Gasteiger partial charge < -0.3 is 15.5 Å². The second-order valence-corrected chi connectivity index (χ2v) is 6.62. The van der Waals surface area contributed by atoms with E-state index in [9.17, 15) is 15.0 Å². The zero-order chi connectivity index (χ0) is 17.7. The molecule has 1 amide bonds. The van der Waals surface area contributed by atoms with Gasteiger partial charge in [-0.3, -0.25) is 4.79 Å². The average molecular weight is 329 g/mol. The molecule has 0 unspecified atom stereocenters. The minimum atomic E-state index is -0.874. The third-order valence-electron chi connectivity index (χ3n) is 4.26. The third-order valence-corrected chi connectivity index (χ3v) is 4.26. The van der Waals surface area contributed by atoms with E-state index in [1.807, 2.05) is 51.1 Å². The van der Waals surface area contributed by atoms with Crippen LogP contribution in [-0.2, 0) is 0 Å². The first kappa shape index (κ1) is 18.4. The number of benzene rings is 1. The molecule has 1 aliphatic rings. The van der Waals surface area contributed by atoms with Gasteiger partial charge in [-0.05, 0) is 51.2 Å². The van der Waals surface area contributed by atoms with Gasteiger partial charge in [0.2, 0.25) is 0 Å². The van der Waals surface area contributed by atoms with Crippen molar-refractivity contribution in [3.8, 4) is 0 Å². The summed E-state index contributed by atoms with van der Waals surface area (Å²) in [6.45, 7) is 5.89. The van der Waals surface area contributed by atoms with Gasteiger partial charge in [-0.15, -0.1) is 0 Å². The zero-order valence-corrected chi connectivity index (χ0v) is 14.6. The number of carbonyl (C=O) groups is 1. The molecule has 0 radical (unpaired) electrons. The zero-order valence-electron chi connectivity index (χ0n) is 14.6. The van der Waals surface area contributed by atoms with Crippen LogP contribution in [0.3, 0.4) is 0 Å². The van der Waals surface area contributed by atoms with Crippen LogP contribution in [0.1, 0.15) is 53.2 Å². The highest BCUT2D eigenvalue weighted by Crippen LogP contribution is 2.20. The molecular formula is C20H27NO3. The maximum absolute atomic E-state index is 12.7. The Labute approximate surface area is 143 Å². The van der Waals surface area contributed by atoms with Crippen LogP contribution in [0.5, 0.6) is 0 Å². The van der Waals surface area contributed by atoms with Crippen LogP contribution in [-0.4, -0.2) is 34.4 Å². The number of aryl methyl sites for hydroxylation is 2. The molecule has 2 rings (SSSR count). The Hall–Kier alpha value is -1.91. The minimum Gasteiger partial charge on any atom is -0.390 e. The standard InChI is InChI=1S/C20H27NO3/c1-13-11-14(2)19-16(12-13)8-4-5-9-17(22)18(23)10-6-7-15(3)21-20(19)24/h4,6,8,10-12,15,17-18,22-23H,5,7,9H2,1-3H3,(H,21,24)/b8-4?,10-6+/t15-,17-,18+/m0/s1. The highest BCUT2D eigenvalue weighted by atomic mass is 16.3. The van der Waals surface area contributed by atoms with Crippen molar-refractivity contribution in [1.29, 1.82) is 0 Å². The van der Waals surface area contributed by atoms with Crippen LogP contribution in [0.4, 0.5) is 0 Å². The lowest BCUT2D eigenvalue weighted by Gasteiger charge is -2.17. The van der Waals surface area contributed by atoms with Crippen LogP contribution in [0.25, 0.3) is 6.08 Å². The number of aliphatic hydroxyl groups is 2. The van der Waals surface area contributed by atoms with E-state index in [0.717, 1.165) is 16.7 Å². The Morgan fingerprint density at radius 2 is 1.92 bits per heavy atom. The summed E-state index contributed by atoms with van der Waals surface area (Å²) in [5.74, 6) is -0.0781. The van der Waals surface area contributed by atoms with Gasteiger partial charge in [-0.1, -0.05) is 42.0 Å². The molecule has 3 N–H and O–H groups in total. The van der Waals surface area contributed by atoms with Crippen molar-refractivity contribution in [2.75, 3.05) is 0 Å². The second-order valence-electron chi connectivity index (χ2n) is 6.62. The predicted octanol–water partition coefficient (Wildman–Crippen LogP) is 2.90. The summed E-state index contributed by atoms with van der Waals surface area (Å²) in [5, 5.41) is 22.9. The number of aliphatic hydroxyl groups excluding tert-OH is 2. The van der Waals surface area contributed by atoms with Crippen molar-refractivity contribution in [3.05, 3.63) is 52.6 Å². The van der Waals surface area contributed by atoms with Crippen molar-refractivity contribution in [2.24, 2.45) is 0 Å². The molecule has 1 heterocycles. The van der Waals surface area contributed by atoms with Crippen molar-refractivity contribution >= 4 is 12.0 Å². The van der Waals surface area contributed by atoms with Gasteiger partial charge in [0.25, 0.3) is 5.91 Å². The molecule has 24 heavy (non-hydrogen) atoms. The predicted molar refractivity (Wildman–Crippen MR) is 96.9 cm³/mol. The molecule has 0 aromatic heterocycles. The van der Waals surface area contributed by atoms with E-state index in [4.69, 9.17) is 0 Å². The normalized spacial score (nSPS) is 27.0. The number of rotatable bonds is 0. The summed E-state index contributed by atoms with van der Waals surface area (Å²) in [6.07, 6.45) is 7.35. The molecule has 1 aliphatic heterocycles. The molecule has 0 aliphatic carbocycles. The van der Waals surface area contributed by atoms with E-state index in [-0.39, 0.29) is 11.9 Å². The van der Waals surface area contributed by atoms with Crippen LogP contribution in [0.15, 0.2) is 30.4 Å². The van der Waals surface area contributed by atoms with E-state index >= 15 is 0 Å². The smallest absolute Gasteiger partial charge is 0.252 e. The van der Waals surface area contributed by atoms with Gasteiger partial charge in [0.05, 0.1) is 12.2 Å². The van der Waals surface area contributed by atoms with E-state index in [2.05, 4.69) is 5.32 Å². The molecule has 1 aromatic rings. The van der Waals surface area contributed by atoms with Crippen LogP contribution in [0.2, 0.25) is 0 Å². The number of hydrogen-bond acceptors (Lipinski definition) is 3. The van der Waals surface area contributed by atoms with Crippen LogP contribution >= 0.6 is 0 Å². The second kappa shape index (κ2) is 8.27. The first-order valence-corrected chi connectivity index (χ1v) is 8.50. The maximum Gasteiger partial charge on any atom is 0.252 e. The fourth-order valence-corrected chi connectivity index (χ4v) is 3.00. The highest BCUT2D eigenvalue weighted by Gasteiger charge is 2.17. The molecule has 0 saturated heterocycles. The number of amides is 1. The summed E-state index contributed by atoms with van der Waals surface area (Å²) in [7, 11) is 0. The van der Waals surface area contributed by atoms with Crippen LogP contribution in [0, 0.1) is 13.8 Å². The Bertz CT molecular complexity index is 649. The number of carbonyl (C=O) groups excluding carboxylic acids is 1. The Morgan fingerprint density at radius 3 is 2.67 bits per heavy atom. The van der Waals surface area contributed by atoms with E-state index in [0.29, 0.717) is 24.8 Å². The maximum atomic E-state index is 12.7. The highest BCUT2D eigenvalue weighted by molar-refractivity contribution is 5.99. The van der Waals surface area contributed by atoms with Crippen molar-refractivity contribution in [2.45, 2.75) is 58.3 Å². The van der Waals surface area contributed by atoms with Gasteiger partial charge in [0, 0.05) is 11.6 Å². The monoisotopic (exact) mass is 329 g/mol. The lowest BCUT2D eigenvalue weighted by molar-refractivity contribution is 0.0438. The molecule has 4 heteroatoms. The molecule has 0 saturated carbocycles. The summed E-state index contributed by atoms with van der Waals surface area (Å²) >= 11 is 0. The first-order chi connectivity index (χ1) is 11.4. The SMILES string of the molecule is Cc1cc(C)c2c(c1)C=CCC[C@H](O)[C@H](O)/C=C/C[C@H](C)NC2=O. The molecule has 1 aromatic carbocycles. The van der Waals surface area contributed by atoms with Gasteiger partial charge in [-0.2, -0.15) is 0 Å². The van der Waals surface area contributed by atoms with Gasteiger partial charge >= 0.3 is 0 Å². The Kier molecular flexibility index (Phi) is 6.35. The van der Waals surface area contributed by atoms with E-state index < -0.39 is 12.2 Å². The lowest BCUT2D eigenvalue weighted by Crippen LogP contribution is -2.33. The number of hydrogen-bond donors (Lipinski definition) is 3. The fourth-order valence-electron chi connectivity index (χ4n) is 3.00. The molecule has 0 bridgehead atoms. The minimum absolute atomic E-state index is 0.0569. The summed E-state index contributed by atoms with van der Waals surface area (Å²) in [4.78, 5) is 12.7. The quantitative estimate of drug-likeness (QED) is 0.641. The topological polar surface area (TPSA) is 69.6 Å². The number of nitrogens with one attached hydrogen (secondary N) is 1.